The molecule has 0 aliphatic rings. The molecule has 2 heterocycles. The summed E-state index contributed by atoms with van der Waals surface area (Å²) in [6.07, 6.45) is -4.88. The lowest BCUT2D eigenvalue weighted by Crippen LogP contribution is -2.17. The van der Waals surface area contributed by atoms with Crippen molar-refractivity contribution < 1.29 is 26.7 Å². The molecule has 132 valence electrons. The molecule has 3 rings (SSSR count). The molecule has 0 unspecified atom stereocenters. The van der Waals surface area contributed by atoms with Crippen molar-refractivity contribution in [1.82, 2.24) is 19.8 Å². The fraction of sp³-hybridized carbons (Fsp3) is 0.214. The normalized spacial score (nSPS) is 12.6. The van der Waals surface area contributed by atoms with Crippen LogP contribution in [0, 0.1) is 0 Å². The van der Waals surface area contributed by atoms with Gasteiger partial charge in [0.2, 0.25) is 5.82 Å². The van der Waals surface area contributed by atoms with Crippen molar-refractivity contribution in [3.05, 3.63) is 41.2 Å². The molecule has 25 heavy (non-hydrogen) atoms. The Balaban J connectivity index is 2.11. The van der Waals surface area contributed by atoms with Crippen molar-refractivity contribution >= 4 is 17.2 Å². The monoisotopic (exact) mass is 378 g/mol. The van der Waals surface area contributed by atoms with Gasteiger partial charge >= 0.3 is 12.3 Å². The summed E-state index contributed by atoms with van der Waals surface area (Å²) >= 11 is 5.99. The maximum atomic E-state index is 13.5. The van der Waals surface area contributed by atoms with Crippen LogP contribution in [0.5, 0.6) is 5.75 Å². The van der Waals surface area contributed by atoms with Crippen LogP contribution in [0.2, 0.25) is 5.02 Å². The molecule has 0 amide bonds. The molecule has 0 aliphatic carbocycles. The quantitative estimate of drug-likeness (QED) is 0.632. The molecule has 0 saturated carbocycles. The molecule has 0 bridgehead atoms. The minimum Gasteiger partial charge on any atom is -0.406 e. The smallest absolute Gasteiger partial charge is 0.406 e. The number of alkyl halides is 5. The molecule has 0 aliphatic heterocycles. The van der Waals surface area contributed by atoms with Crippen LogP contribution >= 0.6 is 11.6 Å². The number of ether oxygens (including phenoxy) is 1. The van der Waals surface area contributed by atoms with Crippen LogP contribution in [0.25, 0.3) is 16.9 Å². The van der Waals surface area contributed by atoms with Crippen molar-refractivity contribution in [2.75, 3.05) is 0 Å². The van der Waals surface area contributed by atoms with E-state index in [2.05, 4.69) is 20.0 Å². The maximum Gasteiger partial charge on any atom is 0.573 e. The predicted molar refractivity (Wildman–Crippen MR) is 77.5 cm³/mol. The zero-order valence-corrected chi connectivity index (χ0v) is 13.1. The fourth-order valence-electron chi connectivity index (χ4n) is 2.10. The minimum absolute atomic E-state index is 0.0513. The molecule has 2 aromatic heterocycles. The lowest BCUT2D eigenvalue weighted by atomic mass is 10.1. The molecular weight excluding hydrogens is 371 g/mol. The van der Waals surface area contributed by atoms with E-state index in [-0.39, 0.29) is 21.9 Å². The first-order valence-corrected chi connectivity index (χ1v) is 7.09. The Morgan fingerprint density at radius 2 is 1.76 bits per heavy atom. The van der Waals surface area contributed by atoms with Crippen molar-refractivity contribution in [3.8, 4) is 17.0 Å². The van der Waals surface area contributed by atoms with E-state index in [0.29, 0.717) is 6.92 Å². The van der Waals surface area contributed by atoms with Crippen LogP contribution < -0.4 is 4.74 Å². The van der Waals surface area contributed by atoms with Crippen LogP contribution in [0.4, 0.5) is 22.0 Å². The van der Waals surface area contributed by atoms with Crippen LogP contribution in [0.15, 0.2) is 30.3 Å². The fourth-order valence-corrected chi connectivity index (χ4v) is 2.32. The van der Waals surface area contributed by atoms with E-state index in [1.54, 1.807) is 0 Å². The average molecular weight is 379 g/mol. The molecule has 0 N–H and O–H groups in total. The second kappa shape index (κ2) is 5.80. The Hall–Kier alpha value is -2.49. The van der Waals surface area contributed by atoms with Crippen molar-refractivity contribution in [2.24, 2.45) is 0 Å². The number of aromatic nitrogens is 4. The molecule has 0 radical (unpaired) electrons. The zero-order valence-electron chi connectivity index (χ0n) is 12.4. The summed E-state index contributed by atoms with van der Waals surface area (Å²) in [4.78, 5) is 0. The van der Waals surface area contributed by atoms with Gasteiger partial charge in [0.15, 0.2) is 5.65 Å². The van der Waals surface area contributed by atoms with E-state index in [1.165, 1.54) is 18.2 Å². The van der Waals surface area contributed by atoms with Crippen molar-refractivity contribution in [3.63, 3.8) is 0 Å². The van der Waals surface area contributed by atoms with Crippen LogP contribution in [-0.4, -0.2) is 26.2 Å². The van der Waals surface area contributed by atoms with E-state index in [0.717, 1.165) is 16.6 Å². The lowest BCUT2D eigenvalue weighted by molar-refractivity contribution is -0.274. The summed E-state index contributed by atoms with van der Waals surface area (Å²) < 4.78 is 68.8. The van der Waals surface area contributed by atoms with E-state index >= 15 is 0 Å². The van der Waals surface area contributed by atoms with E-state index in [4.69, 9.17) is 11.6 Å². The highest BCUT2D eigenvalue weighted by molar-refractivity contribution is 6.33. The van der Waals surface area contributed by atoms with Gasteiger partial charge in [-0.15, -0.1) is 23.4 Å². The van der Waals surface area contributed by atoms with Crippen molar-refractivity contribution in [2.45, 2.75) is 19.2 Å². The summed E-state index contributed by atoms with van der Waals surface area (Å²) in [5.41, 5.74) is 0.180. The van der Waals surface area contributed by atoms with E-state index in [9.17, 15) is 22.0 Å². The molecule has 3 aromatic rings. The van der Waals surface area contributed by atoms with Gasteiger partial charge in [-0.2, -0.15) is 18.4 Å². The third kappa shape index (κ3) is 3.63. The number of nitrogens with zero attached hydrogens (tertiary/aromatic N) is 4. The van der Waals surface area contributed by atoms with E-state index in [1.807, 2.05) is 0 Å². The third-order valence-corrected chi connectivity index (χ3v) is 3.43. The van der Waals surface area contributed by atoms with Crippen LogP contribution in [0.1, 0.15) is 12.7 Å². The zero-order chi connectivity index (χ0) is 18.4. The molecular formula is C14H8ClF5N4O. The van der Waals surface area contributed by atoms with Crippen molar-refractivity contribution in [1.29, 1.82) is 0 Å². The minimum atomic E-state index is -4.88. The first kappa shape index (κ1) is 17.3. The summed E-state index contributed by atoms with van der Waals surface area (Å²) in [5.74, 6) is -4.53. The molecule has 0 spiro atoms. The summed E-state index contributed by atoms with van der Waals surface area (Å²) in [6, 6.07) is 5.95. The van der Waals surface area contributed by atoms with Gasteiger partial charge in [-0.3, -0.25) is 0 Å². The van der Waals surface area contributed by atoms with Gasteiger partial charge in [0, 0.05) is 12.5 Å². The Morgan fingerprint density at radius 1 is 1.04 bits per heavy atom. The molecule has 1 aromatic carbocycles. The Morgan fingerprint density at radius 3 is 2.40 bits per heavy atom. The molecule has 0 saturated heterocycles. The van der Waals surface area contributed by atoms with Gasteiger partial charge in [0.25, 0.3) is 0 Å². The highest BCUT2D eigenvalue weighted by atomic mass is 35.5. The van der Waals surface area contributed by atoms with Gasteiger partial charge in [-0.25, -0.2) is 0 Å². The number of hydrogen-bond acceptors (Lipinski definition) is 4. The second-order valence-electron chi connectivity index (χ2n) is 5.09. The SMILES string of the molecule is CC(F)(F)c1nnc2ccc(-c3cc(OC(F)(F)F)ccc3Cl)nn12. The molecule has 0 fully saturated rings. The molecule has 11 heteroatoms. The maximum absolute atomic E-state index is 13.5. The highest BCUT2D eigenvalue weighted by Gasteiger charge is 2.32. The summed E-state index contributed by atoms with van der Waals surface area (Å²) in [7, 11) is 0. The van der Waals surface area contributed by atoms with Gasteiger partial charge < -0.3 is 4.74 Å². The molecule has 0 atom stereocenters. The molecule has 5 nitrogen and oxygen atoms in total. The average Bonchev–Trinajstić information content (AvgIpc) is 2.90. The largest absolute Gasteiger partial charge is 0.573 e. The highest BCUT2D eigenvalue weighted by Crippen LogP contribution is 2.33. The first-order chi connectivity index (χ1) is 11.5. The van der Waals surface area contributed by atoms with E-state index < -0.39 is 23.9 Å². The number of benzene rings is 1. The summed E-state index contributed by atoms with van der Waals surface area (Å²) in [5, 5.41) is 11.0. The predicted octanol–water partition coefficient (Wildman–Crippen LogP) is 4.46. The Kier molecular flexibility index (Phi) is 4.02. The van der Waals surface area contributed by atoms with Crippen LogP contribution in [0.3, 0.4) is 0 Å². The standard InChI is InChI=1S/C14H8ClF5N4O/c1-13(16,17)12-22-21-11-5-4-10(23-24(11)12)8-6-7(2-3-9(8)15)25-14(18,19)20/h2-6H,1H3. The summed E-state index contributed by atoms with van der Waals surface area (Å²) in [6.45, 7) is 0.628. The Labute approximate surface area is 142 Å². The number of halogens is 6. The van der Waals surface area contributed by atoms with Crippen LogP contribution in [-0.2, 0) is 5.92 Å². The number of fused-ring (bicyclic) bond motifs is 1. The van der Waals surface area contributed by atoms with Gasteiger partial charge in [-0.1, -0.05) is 11.6 Å². The number of rotatable bonds is 3. The second-order valence-corrected chi connectivity index (χ2v) is 5.50. The third-order valence-electron chi connectivity index (χ3n) is 3.10. The first-order valence-electron chi connectivity index (χ1n) is 6.71. The lowest BCUT2D eigenvalue weighted by Gasteiger charge is -2.12. The Bertz CT molecular complexity index is 935. The van der Waals surface area contributed by atoms with Gasteiger partial charge in [0.1, 0.15) is 5.75 Å². The van der Waals surface area contributed by atoms with Gasteiger partial charge in [0.05, 0.1) is 10.7 Å². The topological polar surface area (TPSA) is 52.3 Å². The number of hydrogen-bond donors (Lipinski definition) is 0. The van der Waals surface area contributed by atoms with Gasteiger partial charge in [-0.05, 0) is 30.3 Å².